The number of sulfonamides is 1. The van der Waals surface area contributed by atoms with Crippen molar-refractivity contribution in [3.05, 3.63) is 81.0 Å². The molecule has 1 aromatic carbocycles. The Kier molecular flexibility index (Phi) is 5.31. The normalized spacial score (nSPS) is 18.7. The van der Waals surface area contributed by atoms with E-state index in [9.17, 15) is 18.5 Å². The summed E-state index contributed by atoms with van der Waals surface area (Å²) in [5, 5.41) is 17.7. The molecule has 30 heavy (non-hydrogen) atoms. The standard InChI is InChI=1S/C20H20N4O4S2/c1-13-20(14(2)23(21-13)17-6-3-4-7-18(17)24(25)26)15-9-10-16(12-15)22-30(27,28)19-8-5-11-29-19/h3-11,15-16,22H,12H2,1-2H3/t15-,16-/m1/s1. The summed E-state index contributed by atoms with van der Waals surface area (Å²) in [5.74, 6) is -0.0300. The molecule has 0 spiro atoms. The van der Waals surface area contributed by atoms with Gasteiger partial charge >= 0.3 is 0 Å². The van der Waals surface area contributed by atoms with E-state index in [0.717, 1.165) is 17.0 Å². The van der Waals surface area contributed by atoms with E-state index in [1.165, 1.54) is 17.4 Å². The van der Waals surface area contributed by atoms with Crippen molar-refractivity contribution in [3.8, 4) is 5.69 Å². The molecule has 0 saturated heterocycles. The van der Waals surface area contributed by atoms with Gasteiger partial charge in [0.05, 0.1) is 10.6 Å². The minimum absolute atomic E-state index is 0.0156. The van der Waals surface area contributed by atoms with Crippen LogP contribution in [0.25, 0.3) is 5.69 Å². The summed E-state index contributed by atoms with van der Waals surface area (Å²) in [6, 6.07) is 9.45. The van der Waals surface area contributed by atoms with Gasteiger partial charge in [0.2, 0.25) is 0 Å². The first-order valence-corrected chi connectivity index (χ1v) is 11.7. The third-order valence-electron chi connectivity index (χ3n) is 5.17. The van der Waals surface area contributed by atoms with E-state index in [0.29, 0.717) is 12.1 Å². The second kappa shape index (κ2) is 7.78. The van der Waals surface area contributed by atoms with Crippen molar-refractivity contribution >= 4 is 27.0 Å². The second-order valence-electron chi connectivity index (χ2n) is 7.13. The lowest BCUT2D eigenvalue weighted by Crippen LogP contribution is -2.32. The zero-order valence-electron chi connectivity index (χ0n) is 16.3. The Balaban J connectivity index is 1.60. The van der Waals surface area contributed by atoms with Gasteiger partial charge in [0, 0.05) is 29.3 Å². The van der Waals surface area contributed by atoms with Gasteiger partial charge in [-0.25, -0.2) is 17.8 Å². The number of nitrogens with one attached hydrogen (secondary N) is 1. The van der Waals surface area contributed by atoms with Gasteiger partial charge in [-0.2, -0.15) is 5.10 Å². The van der Waals surface area contributed by atoms with Gasteiger partial charge in [-0.05, 0) is 37.8 Å². The predicted molar refractivity (Wildman–Crippen MR) is 115 cm³/mol. The number of nitro groups is 1. The Morgan fingerprint density at radius 1 is 1.20 bits per heavy atom. The van der Waals surface area contributed by atoms with E-state index in [2.05, 4.69) is 9.82 Å². The van der Waals surface area contributed by atoms with Gasteiger partial charge in [0.25, 0.3) is 15.7 Å². The lowest BCUT2D eigenvalue weighted by Gasteiger charge is -2.14. The molecule has 4 rings (SSSR count). The van der Waals surface area contributed by atoms with Crippen LogP contribution in [-0.4, -0.2) is 29.2 Å². The van der Waals surface area contributed by atoms with Crippen molar-refractivity contribution in [3.63, 3.8) is 0 Å². The number of thiophene rings is 1. The van der Waals surface area contributed by atoms with Crippen molar-refractivity contribution in [1.82, 2.24) is 14.5 Å². The van der Waals surface area contributed by atoms with Crippen molar-refractivity contribution < 1.29 is 13.3 Å². The monoisotopic (exact) mass is 444 g/mol. The quantitative estimate of drug-likeness (QED) is 0.353. The van der Waals surface area contributed by atoms with Crippen molar-refractivity contribution in [2.45, 2.75) is 36.4 Å². The van der Waals surface area contributed by atoms with Crippen LogP contribution in [0.3, 0.4) is 0 Å². The molecule has 0 radical (unpaired) electrons. The Labute approximate surface area is 178 Å². The number of benzene rings is 1. The first-order valence-electron chi connectivity index (χ1n) is 9.32. The number of hydrogen-bond acceptors (Lipinski definition) is 6. The average Bonchev–Trinajstić information content (AvgIpc) is 3.43. The molecule has 0 fully saturated rings. The van der Waals surface area contributed by atoms with Crippen LogP contribution >= 0.6 is 11.3 Å². The van der Waals surface area contributed by atoms with Crippen LogP contribution in [0.1, 0.15) is 29.3 Å². The Hall–Kier alpha value is -2.82. The summed E-state index contributed by atoms with van der Waals surface area (Å²) in [6.07, 6.45) is 4.40. The van der Waals surface area contributed by atoms with E-state index in [1.54, 1.807) is 40.4 Å². The summed E-state index contributed by atoms with van der Waals surface area (Å²) < 4.78 is 29.6. The van der Waals surface area contributed by atoms with Gasteiger partial charge in [-0.1, -0.05) is 30.4 Å². The fraction of sp³-hybridized carbons (Fsp3) is 0.250. The molecule has 2 heterocycles. The highest BCUT2D eigenvalue weighted by molar-refractivity contribution is 7.91. The van der Waals surface area contributed by atoms with Crippen LogP contribution < -0.4 is 4.72 Å². The van der Waals surface area contributed by atoms with Crippen molar-refractivity contribution in [2.24, 2.45) is 0 Å². The number of aromatic nitrogens is 2. The van der Waals surface area contributed by atoms with E-state index < -0.39 is 14.9 Å². The number of para-hydroxylation sites is 2. The maximum absolute atomic E-state index is 12.5. The highest BCUT2D eigenvalue weighted by Gasteiger charge is 2.30. The molecular formula is C20H20N4O4S2. The van der Waals surface area contributed by atoms with E-state index in [-0.39, 0.29) is 21.9 Å². The lowest BCUT2D eigenvalue weighted by molar-refractivity contribution is -0.384. The third kappa shape index (κ3) is 3.69. The van der Waals surface area contributed by atoms with Crippen molar-refractivity contribution in [2.75, 3.05) is 0 Å². The Morgan fingerprint density at radius 3 is 2.67 bits per heavy atom. The average molecular weight is 445 g/mol. The highest BCUT2D eigenvalue weighted by Crippen LogP contribution is 2.35. The van der Waals surface area contributed by atoms with Crippen LogP contribution in [0.4, 0.5) is 5.69 Å². The second-order valence-corrected chi connectivity index (χ2v) is 10.0. The fourth-order valence-electron chi connectivity index (χ4n) is 3.90. The van der Waals surface area contributed by atoms with Gasteiger partial charge in [-0.3, -0.25) is 10.1 Å². The third-order valence-corrected chi connectivity index (χ3v) is 8.06. The summed E-state index contributed by atoms with van der Waals surface area (Å²) in [7, 11) is -3.56. The molecule has 10 heteroatoms. The van der Waals surface area contributed by atoms with Gasteiger partial charge in [-0.15, -0.1) is 11.3 Å². The SMILES string of the molecule is Cc1nn(-c2ccccc2[N+](=O)[O-])c(C)c1[C@@H]1C=C[C@@H](NS(=O)(=O)c2cccs2)C1. The van der Waals surface area contributed by atoms with Crippen LogP contribution in [-0.2, 0) is 10.0 Å². The summed E-state index contributed by atoms with van der Waals surface area (Å²) in [6.45, 7) is 3.74. The molecule has 1 N–H and O–H groups in total. The summed E-state index contributed by atoms with van der Waals surface area (Å²) in [5.41, 5.74) is 2.92. The molecule has 2 aromatic heterocycles. The van der Waals surface area contributed by atoms with Crippen LogP contribution in [0.2, 0.25) is 0 Å². The Bertz CT molecular complexity index is 1230. The molecule has 0 bridgehead atoms. The first-order chi connectivity index (χ1) is 14.3. The molecule has 0 aliphatic heterocycles. The maximum Gasteiger partial charge on any atom is 0.294 e. The van der Waals surface area contributed by atoms with Gasteiger partial charge < -0.3 is 0 Å². The number of nitrogens with zero attached hydrogens (tertiary/aromatic N) is 3. The summed E-state index contributed by atoms with van der Waals surface area (Å²) in [4.78, 5) is 11.0. The van der Waals surface area contributed by atoms with Gasteiger partial charge in [0.1, 0.15) is 9.90 Å². The van der Waals surface area contributed by atoms with Crippen LogP contribution in [0.5, 0.6) is 0 Å². The number of aryl methyl sites for hydroxylation is 1. The van der Waals surface area contributed by atoms with E-state index >= 15 is 0 Å². The lowest BCUT2D eigenvalue weighted by atomic mass is 9.96. The minimum Gasteiger partial charge on any atom is -0.258 e. The van der Waals surface area contributed by atoms with E-state index in [1.807, 2.05) is 26.0 Å². The number of nitro benzene ring substituents is 1. The smallest absolute Gasteiger partial charge is 0.258 e. The fourth-order valence-corrected chi connectivity index (χ4v) is 6.11. The molecule has 3 aromatic rings. The molecule has 2 atom stereocenters. The summed E-state index contributed by atoms with van der Waals surface area (Å²) >= 11 is 1.18. The van der Waals surface area contributed by atoms with Crippen molar-refractivity contribution in [1.29, 1.82) is 0 Å². The molecule has 1 aliphatic rings. The molecule has 0 amide bonds. The molecule has 0 unspecified atom stereocenters. The zero-order chi connectivity index (χ0) is 21.5. The molecule has 0 saturated carbocycles. The minimum atomic E-state index is -3.56. The number of hydrogen-bond donors (Lipinski definition) is 1. The predicted octanol–water partition coefficient (Wildman–Crippen LogP) is 3.85. The zero-order valence-corrected chi connectivity index (χ0v) is 18.0. The number of allylic oxidation sites excluding steroid dienone is 1. The first kappa shape index (κ1) is 20.5. The van der Waals surface area contributed by atoms with Crippen LogP contribution in [0.15, 0.2) is 58.1 Å². The topological polar surface area (TPSA) is 107 Å². The van der Waals surface area contributed by atoms with E-state index in [4.69, 9.17) is 0 Å². The van der Waals surface area contributed by atoms with Gasteiger partial charge in [0.15, 0.2) is 0 Å². The van der Waals surface area contributed by atoms with Crippen LogP contribution in [0, 0.1) is 24.0 Å². The molecule has 8 nitrogen and oxygen atoms in total. The molecule has 1 aliphatic carbocycles. The highest BCUT2D eigenvalue weighted by atomic mass is 32.2. The molecular weight excluding hydrogens is 424 g/mol. The maximum atomic E-state index is 12.5. The molecule has 156 valence electrons. The largest absolute Gasteiger partial charge is 0.294 e. The number of rotatable bonds is 6. The Morgan fingerprint density at radius 2 is 1.97 bits per heavy atom.